The maximum absolute atomic E-state index is 11.1. The molecule has 0 bridgehead atoms. The van der Waals surface area contributed by atoms with Crippen molar-refractivity contribution in [1.29, 1.82) is 0 Å². The molecule has 142 valence electrons. The second kappa shape index (κ2) is 8.39. The number of aliphatic carboxylic acids is 1. The van der Waals surface area contributed by atoms with E-state index in [1.165, 1.54) is 13.8 Å². The Morgan fingerprint density at radius 3 is 2.14 bits per heavy atom. The Bertz CT molecular complexity index is 947. The summed E-state index contributed by atoms with van der Waals surface area (Å²) in [4.78, 5) is 15.6. The number of carboxylic acids is 1. The lowest BCUT2D eigenvalue weighted by atomic mass is 10.1. The molecule has 28 heavy (non-hydrogen) atoms. The molecule has 0 saturated heterocycles. The van der Waals surface area contributed by atoms with Crippen molar-refractivity contribution in [2.24, 2.45) is 4.99 Å². The van der Waals surface area contributed by atoms with E-state index < -0.39 is 11.6 Å². The monoisotopic (exact) mass is 374 g/mol. The summed E-state index contributed by atoms with van der Waals surface area (Å²) < 4.78 is 5.49. The van der Waals surface area contributed by atoms with E-state index in [2.05, 4.69) is 10.3 Å². The molecule has 0 aliphatic heterocycles. The van der Waals surface area contributed by atoms with E-state index in [1.54, 1.807) is 18.3 Å². The number of carbonyl (C=O) groups is 1. The number of hydrogen-bond donors (Lipinski definition) is 2. The van der Waals surface area contributed by atoms with Gasteiger partial charge in [0, 0.05) is 17.6 Å². The molecule has 0 aliphatic carbocycles. The lowest BCUT2D eigenvalue weighted by molar-refractivity contribution is -0.152. The second-order valence-electron chi connectivity index (χ2n) is 6.78. The van der Waals surface area contributed by atoms with Gasteiger partial charge in [-0.1, -0.05) is 18.2 Å². The van der Waals surface area contributed by atoms with Gasteiger partial charge in [-0.2, -0.15) is 0 Å². The Labute approximate surface area is 164 Å². The van der Waals surface area contributed by atoms with Crippen LogP contribution in [-0.4, -0.2) is 22.9 Å². The van der Waals surface area contributed by atoms with E-state index in [1.807, 2.05) is 66.7 Å². The minimum absolute atomic E-state index is 0.501. The van der Waals surface area contributed by atoms with Crippen LogP contribution in [0.25, 0.3) is 0 Å². The number of benzene rings is 3. The molecule has 0 atom stereocenters. The van der Waals surface area contributed by atoms with Gasteiger partial charge in [0.05, 0.1) is 5.69 Å². The van der Waals surface area contributed by atoms with Gasteiger partial charge in [0.2, 0.25) is 0 Å². The molecule has 5 nitrogen and oxygen atoms in total. The van der Waals surface area contributed by atoms with Gasteiger partial charge in [0.15, 0.2) is 5.60 Å². The predicted molar refractivity (Wildman–Crippen MR) is 112 cm³/mol. The lowest BCUT2D eigenvalue weighted by Gasteiger charge is -2.21. The van der Waals surface area contributed by atoms with Gasteiger partial charge in [-0.15, -0.1) is 0 Å². The molecule has 3 rings (SSSR count). The number of anilines is 2. The third kappa shape index (κ3) is 5.20. The SMILES string of the molecule is CC(C)(Oc1ccc(C=Nc2ccc(Nc3ccccc3)cc2)cc1)C(=O)O. The average molecular weight is 374 g/mol. The molecule has 3 aromatic rings. The topological polar surface area (TPSA) is 70.9 Å². The van der Waals surface area contributed by atoms with Crippen molar-refractivity contribution < 1.29 is 14.6 Å². The van der Waals surface area contributed by atoms with Crippen molar-refractivity contribution in [3.63, 3.8) is 0 Å². The summed E-state index contributed by atoms with van der Waals surface area (Å²) in [5, 5.41) is 12.4. The Kier molecular flexibility index (Phi) is 5.75. The number of nitrogens with zero attached hydrogens (tertiary/aromatic N) is 1. The van der Waals surface area contributed by atoms with Crippen molar-refractivity contribution in [2.75, 3.05) is 5.32 Å². The minimum atomic E-state index is -1.27. The van der Waals surface area contributed by atoms with Crippen molar-refractivity contribution in [3.8, 4) is 5.75 Å². The standard InChI is InChI=1S/C23H22N2O3/c1-23(2,22(26)27)28-21-14-8-17(9-15-21)16-24-18-10-12-20(13-11-18)25-19-6-4-3-5-7-19/h3-16,25H,1-2H3,(H,26,27). The van der Waals surface area contributed by atoms with Crippen LogP contribution in [0.2, 0.25) is 0 Å². The first-order valence-electron chi connectivity index (χ1n) is 8.91. The maximum atomic E-state index is 11.1. The van der Waals surface area contributed by atoms with Crippen molar-refractivity contribution in [3.05, 3.63) is 84.4 Å². The van der Waals surface area contributed by atoms with Crippen LogP contribution in [0.4, 0.5) is 17.1 Å². The smallest absolute Gasteiger partial charge is 0.347 e. The van der Waals surface area contributed by atoms with Crippen molar-refractivity contribution in [2.45, 2.75) is 19.4 Å². The molecule has 0 fully saturated rings. The molecule has 0 heterocycles. The van der Waals surface area contributed by atoms with Crippen LogP contribution in [0.5, 0.6) is 5.75 Å². The second-order valence-corrected chi connectivity index (χ2v) is 6.78. The maximum Gasteiger partial charge on any atom is 0.347 e. The van der Waals surface area contributed by atoms with Gasteiger partial charge in [-0.05, 0) is 80.1 Å². The first kappa shape index (κ1) is 19.2. The van der Waals surface area contributed by atoms with E-state index in [0.717, 1.165) is 22.6 Å². The van der Waals surface area contributed by atoms with Gasteiger partial charge < -0.3 is 15.2 Å². The Hall–Kier alpha value is -3.60. The molecular formula is C23H22N2O3. The number of nitrogens with one attached hydrogen (secondary N) is 1. The molecule has 0 amide bonds. The third-order valence-electron chi connectivity index (χ3n) is 4.06. The van der Waals surface area contributed by atoms with Crippen LogP contribution >= 0.6 is 0 Å². The van der Waals surface area contributed by atoms with Crippen LogP contribution < -0.4 is 10.1 Å². The number of hydrogen-bond acceptors (Lipinski definition) is 4. The summed E-state index contributed by atoms with van der Waals surface area (Å²) in [7, 11) is 0. The summed E-state index contributed by atoms with van der Waals surface area (Å²) in [5.74, 6) is -0.510. The zero-order chi connectivity index (χ0) is 20.0. The summed E-state index contributed by atoms with van der Waals surface area (Å²) in [6.45, 7) is 3.03. The Morgan fingerprint density at radius 2 is 1.54 bits per heavy atom. The summed E-state index contributed by atoms with van der Waals surface area (Å²) >= 11 is 0. The van der Waals surface area contributed by atoms with Gasteiger partial charge in [0.25, 0.3) is 0 Å². The third-order valence-corrected chi connectivity index (χ3v) is 4.06. The van der Waals surface area contributed by atoms with Crippen LogP contribution in [0.3, 0.4) is 0 Å². The molecule has 3 aromatic carbocycles. The van der Waals surface area contributed by atoms with Crippen LogP contribution in [0, 0.1) is 0 Å². The van der Waals surface area contributed by atoms with E-state index in [9.17, 15) is 4.79 Å². The molecule has 2 N–H and O–H groups in total. The number of carboxylic acid groups (broad SMARTS) is 1. The molecule has 0 aromatic heterocycles. The molecule has 0 saturated carbocycles. The first-order valence-corrected chi connectivity index (χ1v) is 8.91. The van der Waals surface area contributed by atoms with Crippen molar-refractivity contribution in [1.82, 2.24) is 0 Å². The van der Waals surface area contributed by atoms with Gasteiger partial charge in [-0.25, -0.2) is 4.79 Å². The average Bonchev–Trinajstić information content (AvgIpc) is 2.69. The highest BCUT2D eigenvalue weighted by Gasteiger charge is 2.29. The largest absolute Gasteiger partial charge is 0.478 e. The minimum Gasteiger partial charge on any atom is -0.478 e. The van der Waals surface area contributed by atoms with Crippen LogP contribution in [0.15, 0.2) is 83.9 Å². The summed E-state index contributed by atoms with van der Waals surface area (Å²) in [6.07, 6.45) is 1.76. The molecular weight excluding hydrogens is 352 g/mol. The Balaban J connectivity index is 1.61. The zero-order valence-electron chi connectivity index (χ0n) is 15.8. The van der Waals surface area contributed by atoms with E-state index in [0.29, 0.717) is 5.75 Å². The number of ether oxygens (including phenoxy) is 1. The van der Waals surface area contributed by atoms with Gasteiger partial charge in [-0.3, -0.25) is 4.99 Å². The first-order chi connectivity index (χ1) is 13.4. The number of aliphatic imine (C=N–C) groups is 1. The summed E-state index contributed by atoms with van der Waals surface area (Å²) in [5.41, 5.74) is 2.49. The normalized spacial score (nSPS) is 11.4. The lowest BCUT2D eigenvalue weighted by Crippen LogP contribution is -2.37. The van der Waals surface area contributed by atoms with E-state index >= 15 is 0 Å². The highest BCUT2D eigenvalue weighted by Crippen LogP contribution is 2.21. The van der Waals surface area contributed by atoms with E-state index in [-0.39, 0.29) is 0 Å². The number of para-hydroxylation sites is 1. The van der Waals surface area contributed by atoms with Crippen LogP contribution in [-0.2, 0) is 4.79 Å². The molecule has 0 spiro atoms. The van der Waals surface area contributed by atoms with Crippen molar-refractivity contribution >= 4 is 29.2 Å². The fraction of sp³-hybridized carbons (Fsp3) is 0.130. The number of rotatable bonds is 7. The zero-order valence-corrected chi connectivity index (χ0v) is 15.8. The van der Waals surface area contributed by atoms with Gasteiger partial charge in [0.1, 0.15) is 5.75 Å². The van der Waals surface area contributed by atoms with Gasteiger partial charge >= 0.3 is 5.97 Å². The Morgan fingerprint density at radius 1 is 0.929 bits per heavy atom. The fourth-order valence-corrected chi connectivity index (χ4v) is 2.43. The molecule has 5 heteroatoms. The molecule has 0 unspecified atom stereocenters. The summed E-state index contributed by atoms with van der Waals surface area (Å²) in [6, 6.07) is 24.9. The van der Waals surface area contributed by atoms with E-state index in [4.69, 9.17) is 9.84 Å². The molecule has 0 aliphatic rings. The fourth-order valence-electron chi connectivity index (χ4n) is 2.43. The predicted octanol–water partition coefficient (Wildman–Crippen LogP) is 5.42. The molecule has 0 radical (unpaired) electrons. The highest BCUT2D eigenvalue weighted by atomic mass is 16.5. The van der Waals surface area contributed by atoms with Crippen LogP contribution in [0.1, 0.15) is 19.4 Å². The highest BCUT2D eigenvalue weighted by molar-refractivity contribution is 5.82. The quantitative estimate of drug-likeness (QED) is 0.542.